The molecule has 2 atom stereocenters. The topological polar surface area (TPSA) is 62.4 Å². The van der Waals surface area contributed by atoms with E-state index < -0.39 is 0 Å². The van der Waals surface area contributed by atoms with Gasteiger partial charge in [-0.15, -0.1) is 0 Å². The summed E-state index contributed by atoms with van der Waals surface area (Å²) >= 11 is 5.29. The Morgan fingerprint density at radius 2 is 1.88 bits per heavy atom. The summed E-state index contributed by atoms with van der Waals surface area (Å²) in [6.45, 7) is 7.25. The molecule has 1 aliphatic rings. The second-order valence-electron chi connectivity index (χ2n) is 7.48. The number of thiocarbonyl (C=S) groups is 1. The molecule has 0 spiro atoms. The van der Waals surface area contributed by atoms with Crippen LogP contribution in [0.5, 0.6) is 5.75 Å². The lowest BCUT2D eigenvalue weighted by atomic mass is 9.86. The highest BCUT2D eigenvalue weighted by molar-refractivity contribution is 7.80. The average molecular weight is 378 g/mol. The number of hydrazine groups is 1. The molecule has 3 N–H and O–H groups in total. The zero-order valence-corrected chi connectivity index (χ0v) is 16.8. The van der Waals surface area contributed by atoms with E-state index in [1.807, 2.05) is 12.1 Å². The van der Waals surface area contributed by atoms with Crippen molar-refractivity contribution in [1.82, 2.24) is 16.2 Å². The van der Waals surface area contributed by atoms with Gasteiger partial charge in [0.25, 0.3) is 5.91 Å². The van der Waals surface area contributed by atoms with Crippen LogP contribution in [0.3, 0.4) is 0 Å². The molecule has 0 heterocycles. The molecule has 0 radical (unpaired) electrons. The van der Waals surface area contributed by atoms with Crippen molar-refractivity contribution in [3.05, 3.63) is 29.8 Å². The molecule has 0 unspecified atom stereocenters. The fourth-order valence-corrected chi connectivity index (χ4v) is 3.24. The van der Waals surface area contributed by atoms with Crippen LogP contribution >= 0.6 is 12.2 Å². The van der Waals surface area contributed by atoms with Gasteiger partial charge < -0.3 is 10.1 Å². The zero-order valence-electron chi connectivity index (χ0n) is 16.0. The number of amides is 1. The standard InChI is InChI=1S/C20H31N3O2S/c1-14(2)12-13-25-17-10-8-16(9-11-17)19(24)22-23-20(26)21-18-7-5-4-6-15(18)3/h8-11,14-15,18H,4-7,12-13H2,1-3H3,(H,22,24)(H2,21,23,26)/t15-,18-/m1/s1. The Morgan fingerprint density at radius 1 is 1.19 bits per heavy atom. The number of benzene rings is 1. The highest BCUT2D eigenvalue weighted by atomic mass is 32.1. The average Bonchev–Trinajstić information content (AvgIpc) is 2.62. The van der Waals surface area contributed by atoms with E-state index in [0.717, 1.165) is 18.6 Å². The molecular formula is C20H31N3O2S. The number of hydrogen-bond acceptors (Lipinski definition) is 3. The van der Waals surface area contributed by atoms with Crippen molar-refractivity contribution in [1.29, 1.82) is 0 Å². The monoisotopic (exact) mass is 377 g/mol. The number of carbonyl (C=O) groups excluding carboxylic acids is 1. The van der Waals surface area contributed by atoms with E-state index in [9.17, 15) is 4.79 Å². The first-order chi connectivity index (χ1) is 12.5. The van der Waals surface area contributed by atoms with Gasteiger partial charge in [-0.05, 0) is 67.6 Å². The molecule has 2 rings (SSSR count). The van der Waals surface area contributed by atoms with E-state index in [1.165, 1.54) is 19.3 Å². The highest BCUT2D eigenvalue weighted by Crippen LogP contribution is 2.23. The van der Waals surface area contributed by atoms with Crippen molar-refractivity contribution in [2.24, 2.45) is 11.8 Å². The van der Waals surface area contributed by atoms with Crippen molar-refractivity contribution in [2.45, 2.75) is 58.9 Å². The third-order valence-electron chi connectivity index (χ3n) is 4.80. The van der Waals surface area contributed by atoms with Gasteiger partial charge >= 0.3 is 0 Å². The third kappa shape index (κ3) is 6.83. The zero-order chi connectivity index (χ0) is 18.9. The van der Waals surface area contributed by atoms with Gasteiger partial charge in [0.05, 0.1) is 6.61 Å². The Balaban J connectivity index is 1.73. The lowest BCUT2D eigenvalue weighted by Gasteiger charge is -2.30. The second kappa shape index (κ2) is 10.4. The molecule has 0 aromatic heterocycles. The minimum absolute atomic E-state index is 0.223. The highest BCUT2D eigenvalue weighted by Gasteiger charge is 2.21. The summed E-state index contributed by atoms with van der Waals surface area (Å²) < 4.78 is 5.67. The van der Waals surface area contributed by atoms with Crippen LogP contribution in [0.1, 0.15) is 63.2 Å². The SMILES string of the molecule is CC(C)CCOc1ccc(C(=O)NNC(=S)N[C@@H]2CCCC[C@H]2C)cc1. The number of hydrogen-bond donors (Lipinski definition) is 3. The molecule has 1 fully saturated rings. The summed E-state index contributed by atoms with van der Waals surface area (Å²) in [5.74, 6) is 1.76. The molecule has 144 valence electrons. The van der Waals surface area contributed by atoms with Gasteiger partial charge in [-0.1, -0.05) is 33.6 Å². The molecule has 1 saturated carbocycles. The van der Waals surface area contributed by atoms with Crippen LogP contribution in [0.15, 0.2) is 24.3 Å². The van der Waals surface area contributed by atoms with Crippen molar-refractivity contribution >= 4 is 23.2 Å². The van der Waals surface area contributed by atoms with E-state index in [1.54, 1.807) is 12.1 Å². The van der Waals surface area contributed by atoms with Gasteiger partial charge in [-0.2, -0.15) is 0 Å². The van der Waals surface area contributed by atoms with Gasteiger partial charge in [-0.3, -0.25) is 15.6 Å². The van der Waals surface area contributed by atoms with Gasteiger partial charge in [0, 0.05) is 11.6 Å². The van der Waals surface area contributed by atoms with Crippen molar-refractivity contribution < 1.29 is 9.53 Å². The largest absolute Gasteiger partial charge is 0.494 e. The lowest BCUT2D eigenvalue weighted by Crippen LogP contribution is -2.51. The number of nitrogens with one attached hydrogen (secondary N) is 3. The van der Waals surface area contributed by atoms with Crippen molar-refractivity contribution in [3.63, 3.8) is 0 Å². The van der Waals surface area contributed by atoms with Gasteiger partial charge in [-0.25, -0.2) is 0 Å². The van der Waals surface area contributed by atoms with E-state index in [-0.39, 0.29) is 5.91 Å². The smallest absolute Gasteiger partial charge is 0.269 e. The summed E-state index contributed by atoms with van der Waals surface area (Å²) in [4.78, 5) is 12.2. The predicted octanol–water partition coefficient (Wildman–Crippen LogP) is 3.80. The molecule has 26 heavy (non-hydrogen) atoms. The quantitative estimate of drug-likeness (QED) is 0.520. The van der Waals surface area contributed by atoms with Crippen LogP contribution in [0, 0.1) is 11.8 Å². The van der Waals surface area contributed by atoms with E-state index in [4.69, 9.17) is 17.0 Å². The van der Waals surface area contributed by atoms with Gasteiger partial charge in [0.2, 0.25) is 0 Å². The minimum Gasteiger partial charge on any atom is -0.494 e. The first-order valence-electron chi connectivity index (χ1n) is 9.55. The maximum Gasteiger partial charge on any atom is 0.269 e. The fraction of sp³-hybridized carbons (Fsp3) is 0.600. The molecule has 1 aromatic rings. The molecule has 0 bridgehead atoms. The summed E-state index contributed by atoms with van der Waals surface area (Å²) in [5.41, 5.74) is 6.00. The van der Waals surface area contributed by atoms with E-state index in [2.05, 4.69) is 36.9 Å². The number of carbonyl (C=O) groups is 1. The molecule has 1 aromatic carbocycles. The van der Waals surface area contributed by atoms with E-state index in [0.29, 0.717) is 35.2 Å². The molecule has 0 saturated heterocycles. The Morgan fingerprint density at radius 3 is 2.54 bits per heavy atom. The maximum absolute atomic E-state index is 12.2. The van der Waals surface area contributed by atoms with Crippen LogP contribution in [-0.2, 0) is 0 Å². The van der Waals surface area contributed by atoms with Crippen LogP contribution in [-0.4, -0.2) is 23.7 Å². The number of rotatable bonds is 6. The second-order valence-corrected chi connectivity index (χ2v) is 7.88. The first kappa shape index (κ1) is 20.5. The van der Waals surface area contributed by atoms with Gasteiger partial charge in [0.15, 0.2) is 5.11 Å². The molecule has 0 aliphatic heterocycles. The Kier molecular flexibility index (Phi) is 8.16. The van der Waals surface area contributed by atoms with Crippen molar-refractivity contribution in [2.75, 3.05) is 6.61 Å². The molecule has 1 amide bonds. The van der Waals surface area contributed by atoms with Crippen molar-refractivity contribution in [3.8, 4) is 5.75 Å². The maximum atomic E-state index is 12.2. The van der Waals surface area contributed by atoms with Crippen LogP contribution in [0.4, 0.5) is 0 Å². The van der Waals surface area contributed by atoms with Crippen LogP contribution < -0.4 is 20.9 Å². The molecule has 6 heteroatoms. The summed E-state index contributed by atoms with van der Waals surface area (Å²) in [6, 6.07) is 7.51. The van der Waals surface area contributed by atoms with E-state index >= 15 is 0 Å². The van der Waals surface area contributed by atoms with Crippen LogP contribution in [0.2, 0.25) is 0 Å². The summed E-state index contributed by atoms with van der Waals surface area (Å²) in [7, 11) is 0. The van der Waals surface area contributed by atoms with Gasteiger partial charge in [0.1, 0.15) is 5.75 Å². The lowest BCUT2D eigenvalue weighted by molar-refractivity contribution is 0.0943. The summed E-state index contributed by atoms with van der Waals surface area (Å²) in [6.07, 6.45) is 5.86. The molecule has 5 nitrogen and oxygen atoms in total. The minimum atomic E-state index is -0.223. The first-order valence-corrected chi connectivity index (χ1v) is 9.96. The Labute approximate surface area is 162 Å². The fourth-order valence-electron chi connectivity index (χ4n) is 3.04. The number of ether oxygens (including phenoxy) is 1. The predicted molar refractivity (Wildman–Crippen MR) is 109 cm³/mol. The summed E-state index contributed by atoms with van der Waals surface area (Å²) in [5, 5.41) is 3.77. The van der Waals surface area contributed by atoms with Crippen LogP contribution in [0.25, 0.3) is 0 Å². The Hall–Kier alpha value is -1.82. The molecule has 1 aliphatic carbocycles. The third-order valence-corrected chi connectivity index (χ3v) is 5.02. The molecular weight excluding hydrogens is 346 g/mol. The Bertz CT molecular complexity index is 589. The normalized spacial score (nSPS) is 19.7.